The molecule has 3 nitrogen and oxygen atoms in total. The molecule has 0 N–H and O–H groups in total. The number of fused-ring (bicyclic) bond motifs is 19. The van der Waals surface area contributed by atoms with E-state index in [-0.39, 0.29) is 17.7 Å². The van der Waals surface area contributed by atoms with E-state index in [1.54, 1.807) is 5.19 Å². The van der Waals surface area contributed by atoms with Gasteiger partial charge in [-0.3, -0.25) is 0 Å². The predicted octanol–water partition coefficient (Wildman–Crippen LogP) is 13.7. The van der Waals surface area contributed by atoms with Crippen LogP contribution in [-0.2, 0) is 10.8 Å². The molecule has 0 radical (unpaired) electrons. The molecule has 6 heteroatoms. The van der Waals surface area contributed by atoms with Gasteiger partial charge in [0, 0.05) is 64.3 Å². The first-order valence-corrected chi connectivity index (χ1v) is 26.7. The topological polar surface area (TPSA) is 21.3 Å². The molecule has 64 heavy (non-hydrogen) atoms. The van der Waals surface area contributed by atoms with Crippen LogP contribution in [0.5, 0.6) is 0 Å². The number of hydrogen-bond acceptors (Lipinski definition) is 3. The first-order valence-electron chi connectivity index (χ1n) is 22.9. The second kappa shape index (κ2) is 12.1. The molecule has 8 aromatic carbocycles. The lowest BCUT2D eigenvalue weighted by atomic mass is 9.43. The molecule has 0 aliphatic carbocycles. The average Bonchev–Trinajstić information content (AvgIpc) is 4.00. The van der Waals surface area contributed by atoms with Crippen LogP contribution >= 0.6 is 11.3 Å². The number of nitrogens with zero attached hydrogens (tertiary/aromatic N) is 2. The largest absolute Gasteiger partial charge is 0.456 e. The Morgan fingerprint density at radius 3 is 2.06 bits per heavy atom. The lowest BCUT2D eigenvalue weighted by Gasteiger charge is -2.43. The number of anilines is 2. The number of hydrogen-bond donors (Lipinski definition) is 0. The van der Waals surface area contributed by atoms with Gasteiger partial charge in [0.15, 0.2) is 0 Å². The van der Waals surface area contributed by atoms with E-state index < -0.39 is 8.07 Å². The van der Waals surface area contributed by atoms with Crippen LogP contribution in [-0.4, -0.2) is 19.5 Å². The van der Waals surface area contributed by atoms with Crippen LogP contribution in [0, 0.1) is 0 Å². The molecule has 0 spiro atoms. The van der Waals surface area contributed by atoms with E-state index in [4.69, 9.17) is 4.42 Å². The normalized spacial score (nSPS) is 14.9. The fraction of sp³-hybridized carbons (Fsp3) is 0.172. The predicted molar refractivity (Wildman–Crippen MR) is 280 cm³/mol. The van der Waals surface area contributed by atoms with Gasteiger partial charge in [0.25, 0.3) is 0 Å². The summed E-state index contributed by atoms with van der Waals surface area (Å²) in [6.45, 7) is 19.1. The van der Waals surface area contributed by atoms with Gasteiger partial charge in [-0.1, -0.05) is 133 Å². The van der Waals surface area contributed by atoms with E-state index in [1.165, 1.54) is 109 Å². The average molecular weight is 859 g/mol. The minimum absolute atomic E-state index is 0.00874. The zero-order valence-electron chi connectivity index (χ0n) is 37.6. The number of benzene rings is 8. The van der Waals surface area contributed by atoms with E-state index >= 15 is 0 Å². The maximum atomic E-state index is 6.82. The van der Waals surface area contributed by atoms with Crippen molar-refractivity contribution in [1.82, 2.24) is 4.57 Å². The third-order valence-electron chi connectivity index (χ3n) is 15.2. The van der Waals surface area contributed by atoms with Gasteiger partial charge in [0.05, 0.1) is 11.0 Å². The highest BCUT2D eigenvalue weighted by atomic mass is 32.1. The van der Waals surface area contributed by atoms with E-state index in [0.29, 0.717) is 0 Å². The molecule has 3 aliphatic heterocycles. The van der Waals surface area contributed by atoms with E-state index in [9.17, 15) is 0 Å². The Bertz CT molecular complexity index is 3910. The number of para-hydroxylation sites is 1. The second-order valence-electron chi connectivity index (χ2n) is 21.3. The van der Waals surface area contributed by atoms with Gasteiger partial charge in [-0.05, 0) is 121 Å². The fourth-order valence-corrected chi connectivity index (χ4v) is 16.7. The molecule has 0 saturated carbocycles. The summed E-state index contributed by atoms with van der Waals surface area (Å²) in [6, 6.07) is 53.9. The Kier molecular flexibility index (Phi) is 6.99. The van der Waals surface area contributed by atoms with Crippen LogP contribution in [0.2, 0.25) is 13.1 Å². The Hall–Kier alpha value is -6.34. The number of rotatable bonds is 1. The minimum atomic E-state index is -2.29. The van der Waals surface area contributed by atoms with Crippen LogP contribution in [0.25, 0.3) is 91.9 Å². The van der Waals surface area contributed by atoms with Crippen molar-refractivity contribution < 1.29 is 4.42 Å². The summed E-state index contributed by atoms with van der Waals surface area (Å²) in [4.78, 5) is 2.71. The fourth-order valence-electron chi connectivity index (χ4n) is 12.2. The van der Waals surface area contributed by atoms with Crippen molar-refractivity contribution in [3.63, 3.8) is 0 Å². The molecule has 0 fully saturated rings. The molecule has 3 aromatic heterocycles. The third kappa shape index (κ3) is 4.62. The maximum absolute atomic E-state index is 6.82. The Morgan fingerprint density at radius 1 is 0.562 bits per heavy atom. The molecular formula is C58H47BN2OSSi. The highest BCUT2D eigenvalue weighted by Gasteiger charge is 2.50. The SMILES string of the molecule is CC(C)(C)c1ccc(N2B3c4cc5sc6ccccc6c5cc4-n4c5ccc(C(C)(C)C)cc5c5c6c(c(c3c54)-c3cc4oc5ccccc5c4cc32)-c2ccccc2[Si]6(C)C)cc1. The summed E-state index contributed by atoms with van der Waals surface area (Å²) in [7, 11) is -2.29. The van der Waals surface area contributed by atoms with Gasteiger partial charge in [-0.25, -0.2) is 0 Å². The highest BCUT2D eigenvalue weighted by molar-refractivity contribution is 7.26. The Balaban J connectivity index is 1.24. The molecule has 11 aromatic rings. The molecule has 3 aliphatic rings. The van der Waals surface area contributed by atoms with E-state index in [2.05, 4.69) is 204 Å². The summed E-state index contributed by atoms with van der Waals surface area (Å²) in [6.07, 6.45) is 0. The summed E-state index contributed by atoms with van der Waals surface area (Å²) < 4.78 is 12.2. The summed E-state index contributed by atoms with van der Waals surface area (Å²) >= 11 is 1.92. The number of furan rings is 1. The van der Waals surface area contributed by atoms with Gasteiger partial charge >= 0.3 is 6.85 Å². The van der Waals surface area contributed by atoms with Gasteiger partial charge in [0.1, 0.15) is 19.2 Å². The molecule has 0 amide bonds. The van der Waals surface area contributed by atoms with Crippen molar-refractivity contribution in [1.29, 1.82) is 0 Å². The molecular weight excluding hydrogens is 812 g/mol. The van der Waals surface area contributed by atoms with Crippen LogP contribution in [0.3, 0.4) is 0 Å². The zero-order valence-corrected chi connectivity index (χ0v) is 39.4. The zero-order chi connectivity index (χ0) is 43.3. The smallest absolute Gasteiger partial charge is 0.333 e. The number of thiophene rings is 1. The molecule has 0 saturated heterocycles. The Labute approximate surface area is 378 Å². The number of aromatic nitrogens is 1. The lowest BCUT2D eigenvalue weighted by molar-refractivity contribution is 0.590. The van der Waals surface area contributed by atoms with Crippen LogP contribution in [0.4, 0.5) is 11.4 Å². The van der Waals surface area contributed by atoms with Crippen molar-refractivity contribution in [3.05, 3.63) is 151 Å². The minimum Gasteiger partial charge on any atom is -0.456 e. The van der Waals surface area contributed by atoms with Crippen molar-refractivity contribution in [2.75, 3.05) is 4.81 Å². The molecule has 0 atom stereocenters. The van der Waals surface area contributed by atoms with Crippen LogP contribution in [0.15, 0.2) is 144 Å². The van der Waals surface area contributed by atoms with Gasteiger partial charge in [0.2, 0.25) is 0 Å². The molecule has 14 rings (SSSR count). The van der Waals surface area contributed by atoms with Crippen molar-refractivity contribution >= 4 is 123 Å². The highest BCUT2D eigenvalue weighted by Crippen LogP contribution is 2.52. The molecule has 308 valence electrons. The van der Waals surface area contributed by atoms with E-state index in [1.807, 2.05) is 11.3 Å². The van der Waals surface area contributed by atoms with Gasteiger partial charge in [-0.15, -0.1) is 11.3 Å². The van der Waals surface area contributed by atoms with Crippen LogP contribution < -0.4 is 26.1 Å². The van der Waals surface area contributed by atoms with Gasteiger partial charge < -0.3 is 13.8 Å². The molecule has 0 unspecified atom stereocenters. The standard InChI is InChI=1S/C58H47BN2OSSi/c1-57(2,3)32-21-24-34(25-22-32)61-44-28-38-35-15-9-12-18-46(35)62-47(38)30-41(44)51-52-37-17-11-14-20-50(37)64(7,8)56(52)53-40-27-33(58(4,5)6)23-26-43(40)60-45-29-39-36-16-10-13-19-48(36)63-49(39)31-42(45)59(61)54(51)55(53)60/h9-31H,1-8H3. The lowest BCUT2D eigenvalue weighted by Crippen LogP contribution is -2.61. The Morgan fingerprint density at radius 2 is 1.27 bits per heavy atom. The van der Waals surface area contributed by atoms with Crippen molar-refractivity contribution in [2.24, 2.45) is 0 Å². The monoisotopic (exact) mass is 858 g/mol. The van der Waals surface area contributed by atoms with Crippen molar-refractivity contribution in [2.45, 2.75) is 65.5 Å². The quantitative estimate of drug-likeness (QED) is 0.153. The van der Waals surface area contributed by atoms with Crippen LogP contribution in [0.1, 0.15) is 52.7 Å². The first kappa shape index (κ1) is 37.1. The first-order chi connectivity index (χ1) is 30.8. The second-order valence-corrected chi connectivity index (χ2v) is 26.7. The maximum Gasteiger partial charge on any atom is 0.333 e. The summed E-state index contributed by atoms with van der Waals surface area (Å²) in [5.74, 6) is 0. The van der Waals surface area contributed by atoms with E-state index in [0.717, 1.165) is 21.9 Å². The third-order valence-corrected chi connectivity index (χ3v) is 19.9. The summed E-state index contributed by atoms with van der Waals surface area (Å²) in [5, 5.41) is 10.9. The van der Waals surface area contributed by atoms with Crippen molar-refractivity contribution in [3.8, 4) is 27.9 Å². The summed E-state index contributed by atoms with van der Waals surface area (Å²) in [5.41, 5.74) is 19.2. The molecule has 0 bridgehead atoms. The molecule has 6 heterocycles. The van der Waals surface area contributed by atoms with Gasteiger partial charge in [-0.2, -0.15) is 0 Å².